The first kappa shape index (κ1) is 21.0. The van der Waals surface area contributed by atoms with E-state index in [1.165, 1.54) is 10.5 Å². The molecule has 1 aliphatic rings. The monoisotopic (exact) mass is 449 g/mol. The zero-order chi connectivity index (χ0) is 22.3. The molecule has 1 saturated heterocycles. The Bertz CT molecular complexity index is 1260. The van der Waals surface area contributed by atoms with Gasteiger partial charge in [0.05, 0.1) is 10.7 Å². The Morgan fingerprint density at radius 1 is 1.00 bits per heavy atom. The summed E-state index contributed by atoms with van der Waals surface area (Å²) in [6.07, 6.45) is 1.61. The van der Waals surface area contributed by atoms with Crippen molar-refractivity contribution in [3.05, 3.63) is 87.7 Å². The molecule has 5 nitrogen and oxygen atoms in total. The van der Waals surface area contributed by atoms with Gasteiger partial charge in [0.15, 0.2) is 5.11 Å². The molecule has 0 aliphatic carbocycles. The first-order valence-electron chi connectivity index (χ1n) is 9.70. The fourth-order valence-corrected chi connectivity index (χ4v) is 4.18. The maximum absolute atomic E-state index is 13.3. The van der Waals surface area contributed by atoms with Crippen LogP contribution in [0.4, 0.5) is 5.69 Å². The molecule has 1 aromatic heterocycles. The minimum atomic E-state index is -0.529. The van der Waals surface area contributed by atoms with Gasteiger partial charge in [0.1, 0.15) is 5.57 Å². The standard InChI is InChI=1S/C24H20ClN3O2S/c1-14-8-10-18(11-9-14)27-15(2)12-17(16(27)3)13-19-22(29)26-24(31)28(23(19)30)21-7-5-4-6-20(21)25/h4-13H,1-3H3,(H,26,29,31). The number of rotatable bonds is 3. The van der Waals surface area contributed by atoms with Crippen LogP contribution >= 0.6 is 23.8 Å². The van der Waals surface area contributed by atoms with E-state index < -0.39 is 11.8 Å². The number of aryl methyl sites for hydroxylation is 2. The van der Waals surface area contributed by atoms with Gasteiger partial charge in [-0.2, -0.15) is 0 Å². The van der Waals surface area contributed by atoms with E-state index in [1.807, 2.05) is 51.1 Å². The van der Waals surface area contributed by atoms with Gasteiger partial charge in [-0.25, -0.2) is 0 Å². The van der Waals surface area contributed by atoms with Gasteiger partial charge in [0, 0.05) is 17.1 Å². The van der Waals surface area contributed by atoms with Gasteiger partial charge in [-0.05, 0) is 75.0 Å². The molecular formula is C24H20ClN3O2S. The SMILES string of the molecule is Cc1ccc(-n2c(C)cc(C=C3C(=O)NC(=S)N(c4ccccc4Cl)C3=O)c2C)cc1. The lowest BCUT2D eigenvalue weighted by molar-refractivity contribution is -0.122. The number of hydrogen-bond acceptors (Lipinski definition) is 3. The molecule has 0 bridgehead atoms. The maximum atomic E-state index is 13.3. The fourth-order valence-electron chi connectivity index (χ4n) is 3.69. The predicted octanol–water partition coefficient (Wildman–Crippen LogP) is 4.89. The summed E-state index contributed by atoms with van der Waals surface area (Å²) < 4.78 is 2.09. The molecule has 7 heteroatoms. The first-order valence-corrected chi connectivity index (χ1v) is 10.5. The lowest BCUT2D eigenvalue weighted by Crippen LogP contribution is -2.54. The second-order valence-electron chi connectivity index (χ2n) is 7.41. The summed E-state index contributed by atoms with van der Waals surface area (Å²) in [5.74, 6) is -1.04. The van der Waals surface area contributed by atoms with Crippen molar-refractivity contribution < 1.29 is 9.59 Å². The molecule has 2 heterocycles. The zero-order valence-corrected chi connectivity index (χ0v) is 18.8. The molecule has 1 N–H and O–H groups in total. The number of hydrogen-bond donors (Lipinski definition) is 1. The average Bonchev–Trinajstić information content (AvgIpc) is 3.00. The Labute approximate surface area is 190 Å². The number of carbonyl (C=O) groups excluding carboxylic acids is 2. The summed E-state index contributed by atoms with van der Waals surface area (Å²) in [4.78, 5) is 27.1. The predicted molar refractivity (Wildman–Crippen MR) is 128 cm³/mol. The third kappa shape index (κ3) is 3.80. The van der Waals surface area contributed by atoms with Crippen LogP contribution in [-0.4, -0.2) is 21.5 Å². The fraction of sp³-hybridized carbons (Fsp3) is 0.125. The number of carbonyl (C=O) groups is 2. The van der Waals surface area contributed by atoms with E-state index in [-0.39, 0.29) is 10.7 Å². The maximum Gasteiger partial charge on any atom is 0.270 e. The van der Waals surface area contributed by atoms with Crippen molar-refractivity contribution in [3.8, 4) is 5.69 Å². The average molecular weight is 450 g/mol. The lowest BCUT2D eigenvalue weighted by Gasteiger charge is -2.29. The van der Waals surface area contributed by atoms with E-state index in [4.69, 9.17) is 23.8 Å². The van der Waals surface area contributed by atoms with Gasteiger partial charge in [-0.1, -0.05) is 41.4 Å². The van der Waals surface area contributed by atoms with Crippen LogP contribution in [0.2, 0.25) is 5.02 Å². The molecular weight excluding hydrogens is 430 g/mol. The molecule has 156 valence electrons. The summed E-state index contributed by atoms with van der Waals surface area (Å²) in [7, 11) is 0. The highest BCUT2D eigenvalue weighted by Gasteiger charge is 2.35. The summed E-state index contributed by atoms with van der Waals surface area (Å²) in [5.41, 5.74) is 5.32. The second kappa shape index (κ2) is 8.13. The van der Waals surface area contributed by atoms with E-state index in [0.717, 1.165) is 22.6 Å². The summed E-state index contributed by atoms with van der Waals surface area (Å²) in [6.45, 7) is 5.99. The van der Waals surface area contributed by atoms with Crippen molar-refractivity contribution in [1.82, 2.24) is 9.88 Å². The van der Waals surface area contributed by atoms with Crippen LogP contribution in [0.1, 0.15) is 22.5 Å². The third-order valence-corrected chi connectivity index (χ3v) is 5.86. The van der Waals surface area contributed by atoms with E-state index in [2.05, 4.69) is 9.88 Å². The highest BCUT2D eigenvalue weighted by atomic mass is 35.5. The Morgan fingerprint density at radius 2 is 1.68 bits per heavy atom. The minimum absolute atomic E-state index is 0.00215. The topological polar surface area (TPSA) is 54.3 Å². The zero-order valence-electron chi connectivity index (χ0n) is 17.3. The molecule has 2 aromatic carbocycles. The van der Waals surface area contributed by atoms with Gasteiger partial charge < -0.3 is 4.57 Å². The number of thiocarbonyl (C=S) groups is 1. The molecule has 0 spiro atoms. The van der Waals surface area contributed by atoms with Crippen LogP contribution in [0.3, 0.4) is 0 Å². The molecule has 31 heavy (non-hydrogen) atoms. The van der Waals surface area contributed by atoms with E-state index >= 15 is 0 Å². The van der Waals surface area contributed by atoms with Crippen LogP contribution in [-0.2, 0) is 9.59 Å². The van der Waals surface area contributed by atoms with Gasteiger partial charge in [0.25, 0.3) is 11.8 Å². The molecule has 2 amide bonds. The van der Waals surface area contributed by atoms with Crippen LogP contribution in [0.25, 0.3) is 11.8 Å². The van der Waals surface area contributed by atoms with Gasteiger partial charge in [-0.15, -0.1) is 0 Å². The van der Waals surface area contributed by atoms with Crippen LogP contribution in [0.15, 0.2) is 60.2 Å². The van der Waals surface area contributed by atoms with Crippen molar-refractivity contribution >= 4 is 52.5 Å². The van der Waals surface area contributed by atoms with Gasteiger partial charge >= 0.3 is 0 Å². The van der Waals surface area contributed by atoms with Crippen molar-refractivity contribution in [3.63, 3.8) is 0 Å². The number of para-hydroxylation sites is 1. The van der Waals surface area contributed by atoms with Crippen molar-refractivity contribution in [2.75, 3.05) is 4.90 Å². The molecule has 3 aromatic rings. The highest BCUT2D eigenvalue weighted by Crippen LogP contribution is 2.30. The molecule has 0 atom stereocenters. The smallest absolute Gasteiger partial charge is 0.270 e. The lowest BCUT2D eigenvalue weighted by atomic mass is 10.1. The third-order valence-electron chi connectivity index (χ3n) is 5.26. The molecule has 1 fully saturated rings. The summed E-state index contributed by atoms with van der Waals surface area (Å²) >= 11 is 11.5. The Balaban J connectivity index is 1.77. The van der Waals surface area contributed by atoms with E-state index in [9.17, 15) is 9.59 Å². The Kier molecular flexibility index (Phi) is 5.52. The molecule has 1 aliphatic heterocycles. The largest absolute Gasteiger partial charge is 0.318 e. The number of aromatic nitrogens is 1. The molecule has 4 rings (SSSR count). The van der Waals surface area contributed by atoms with Crippen molar-refractivity contribution in [1.29, 1.82) is 0 Å². The number of nitrogens with one attached hydrogen (secondary N) is 1. The van der Waals surface area contributed by atoms with Crippen LogP contribution < -0.4 is 10.2 Å². The molecule has 0 saturated carbocycles. The number of halogens is 1. The molecule has 0 unspecified atom stereocenters. The Hall–Kier alpha value is -3.22. The van der Waals surface area contributed by atoms with Crippen molar-refractivity contribution in [2.24, 2.45) is 0 Å². The Morgan fingerprint density at radius 3 is 2.35 bits per heavy atom. The van der Waals surface area contributed by atoms with Gasteiger partial charge in [-0.3, -0.25) is 19.8 Å². The minimum Gasteiger partial charge on any atom is -0.318 e. The first-order chi connectivity index (χ1) is 14.8. The number of amides is 2. The summed E-state index contributed by atoms with van der Waals surface area (Å²) in [6, 6.07) is 17.0. The highest BCUT2D eigenvalue weighted by molar-refractivity contribution is 7.80. The summed E-state index contributed by atoms with van der Waals surface area (Å²) in [5, 5.41) is 2.97. The number of anilines is 1. The van der Waals surface area contributed by atoms with Gasteiger partial charge in [0.2, 0.25) is 0 Å². The van der Waals surface area contributed by atoms with Crippen LogP contribution in [0, 0.1) is 20.8 Å². The van der Waals surface area contributed by atoms with Crippen LogP contribution in [0.5, 0.6) is 0 Å². The number of benzene rings is 2. The van der Waals surface area contributed by atoms with E-state index in [1.54, 1.807) is 30.3 Å². The number of nitrogens with zero attached hydrogens (tertiary/aromatic N) is 2. The second-order valence-corrected chi connectivity index (χ2v) is 8.20. The normalized spacial score (nSPS) is 15.5. The molecule has 0 radical (unpaired) electrons. The quantitative estimate of drug-likeness (QED) is 0.352. The van der Waals surface area contributed by atoms with Crippen molar-refractivity contribution in [2.45, 2.75) is 20.8 Å². The van der Waals surface area contributed by atoms with E-state index in [0.29, 0.717) is 10.7 Å².